The number of ether oxygens (including phenoxy) is 1. The highest BCUT2D eigenvalue weighted by molar-refractivity contribution is 9.10. The Balaban J connectivity index is 1.71. The predicted molar refractivity (Wildman–Crippen MR) is 114 cm³/mol. The van der Waals surface area contributed by atoms with E-state index in [-0.39, 0.29) is 11.8 Å². The fourth-order valence-electron chi connectivity index (χ4n) is 3.30. The van der Waals surface area contributed by atoms with Gasteiger partial charge in [0.1, 0.15) is 5.75 Å². The van der Waals surface area contributed by atoms with Gasteiger partial charge in [-0.15, -0.1) is 0 Å². The maximum absolute atomic E-state index is 12.8. The summed E-state index contributed by atoms with van der Waals surface area (Å²) in [6.07, 6.45) is 4.46. The van der Waals surface area contributed by atoms with E-state index in [1.54, 1.807) is 42.5 Å². The van der Waals surface area contributed by atoms with Gasteiger partial charge >= 0.3 is 0 Å². The van der Waals surface area contributed by atoms with Gasteiger partial charge < -0.3 is 15.0 Å². The lowest BCUT2D eigenvalue weighted by atomic mass is 10.1. The Hall–Kier alpha value is -2.34. The van der Waals surface area contributed by atoms with Crippen LogP contribution in [0.4, 0.5) is 5.69 Å². The lowest BCUT2D eigenvalue weighted by Gasteiger charge is -2.20. The number of hydrogen-bond donors (Lipinski definition) is 1. The van der Waals surface area contributed by atoms with Crippen molar-refractivity contribution in [3.8, 4) is 5.75 Å². The van der Waals surface area contributed by atoms with E-state index in [0.717, 1.165) is 30.4 Å². The molecule has 0 aromatic heterocycles. The van der Waals surface area contributed by atoms with Crippen LogP contribution in [0.5, 0.6) is 5.75 Å². The average Bonchev–Trinajstić information content (AvgIpc) is 2.99. The van der Waals surface area contributed by atoms with Gasteiger partial charge in [-0.05, 0) is 72.1 Å². The standard InChI is InChI=1S/C22H25BrN2O3/c1-2-28-20-11-10-16(15-19(20)23)21(26)24-18-9-7-8-17(14-18)22(27)25-12-5-3-4-6-13-25/h7-11,14-15H,2-6,12-13H2,1H3,(H,24,26). The fourth-order valence-corrected chi connectivity index (χ4v) is 3.80. The molecule has 1 aliphatic heterocycles. The van der Waals surface area contributed by atoms with Crippen molar-refractivity contribution in [2.45, 2.75) is 32.6 Å². The van der Waals surface area contributed by atoms with Gasteiger partial charge in [-0.2, -0.15) is 0 Å². The first-order valence-corrected chi connectivity index (χ1v) is 10.5. The van der Waals surface area contributed by atoms with Crippen LogP contribution in [-0.4, -0.2) is 36.4 Å². The SMILES string of the molecule is CCOc1ccc(C(=O)Nc2cccc(C(=O)N3CCCCCC3)c2)cc1Br. The molecule has 28 heavy (non-hydrogen) atoms. The first kappa shape index (κ1) is 20.4. The molecule has 0 radical (unpaired) electrons. The first-order chi connectivity index (χ1) is 13.6. The van der Waals surface area contributed by atoms with Crippen molar-refractivity contribution < 1.29 is 14.3 Å². The van der Waals surface area contributed by atoms with Crippen LogP contribution in [0.15, 0.2) is 46.9 Å². The molecule has 0 spiro atoms. The molecule has 2 amide bonds. The second kappa shape index (κ2) is 9.73. The smallest absolute Gasteiger partial charge is 0.255 e. The van der Waals surface area contributed by atoms with Crippen LogP contribution in [0.2, 0.25) is 0 Å². The molecular weight excluding hydrogens is 420 g/mol. The van der Waals surface area contributed by atoms with E-state index in [9.17, 15) is 9.59 Å². The number of hydrogen-bond acceptors (Lipinski definition) is 3. The highest BCUT2D eigenvalue weighted by Crippen LogP contribution is 2.26. The van der Waals surface area contributed by atoms with Gasteiger partial charge in [-0.25, -0.2) is 0 Å². The second-order valence-corrected chi connectivity index (χ2v) is 7.67. The summed E-state index contributed by atoms with van der Waals surface area (Å²) < 4.78 is 6.21. The number of nitrogens with zero attached hydrogens (tertiary/aromatic N) is 1. The monoisotopic (exact) mass is 444 g/mol. The third kappa shape index (κ3) is 5.13. The minimum absolute atomic E-state index is 0.0295. The molecule has 3 rings (SSSR count). The number of amides is 2. The zero-order chi connectivity index (χ0) is 19.9. The van der Waals surface area contributed by atoms with Gasteiger partial charge in [-0.3, -0.25) is 9.59 Å². The molecule has 0 unspecified atom stereocenters. The van der Waals surface area contributed by atoms with Gasteiger partial charge in [0.25, 0.3) is 11.8 Å². The number of benzene rings is 2. The topological polar surface area (TPSA) is 58.6 Å². The maximum atomic E-state index is 12.8. The minimum atomic E-state index is -0.233. The van der Waals surface area contributed by atoms with E-state index in [4.69, 9.17) is 4.74 Å². The normalized spacial score (nSPS) is 14.3. The Morgan fingerprint density at radius 1 is 1.04 bits per heavy atom. The lowest BCUT2D eigenvalue weighted by Crippen LogP contribution is -2.31. The Bertz CT molecular complexity index is 845. The van der Waals surface area contributed by atoms with Crippen molar-refractivity contribution in [3.05, 3.63) is 58.1 Å². The average molecular weight is 445 g/mol. The molecule has 1 heterocycles. The number of carbonyl (C=O) groups is 2. The molecule has 0 saturated carbocycles. The van der Waals surface area contributed by atoms with Gasteiger partial charge in [0.15, 0.2) is 0 Å². The number of anilines is 1. The Labute approximate surface area is 174 Å². The number of likely N-dealkylation sites (tertiary alicyclic amines) is 1. The first-order valence-electron chi connectivity index (χ1n) is 9.71. The molecular formula is C22H25BrN2O3. The van der Waals surface area contributed by atoms with E-state index in [1.165, 1.54) is 12.8 Å². The molecule has 2 aromatic carbocycles. The molecule has 1 saturated heterocycles. The summed E-state index contributed by atoms with van der Waals surface area (Å²) in [7, 11) is 0. The highest BCUT2D eigenvalue weighted by atomic mass is 79.9. The molecule has 1 aliphatic rings. The maximum Gasteiger partial charge on any atom is 0.255 e. The van der Waals surface area contributed by atoms with E-state index in [1.807, 2.05) is 11.8 Å². The molecule has 0 bridgehead atoms. The number of nitrogens with one attached hydrogen (secondary N) is 1. The van der Waals surface area contributed by atoms with Gasteiger partial charge in [0, 0.05) is 29.9 Å². The Morgan fingerprint density at radius 3 is 2.46 bits per heavy atom. The zero-order valence-electron chi connectivity index (χ0n) is 16.0. The summed E-state index contributed by atoms with van der Waals surface area (Å²) in [4.78, 5) is 27.3. The molecule has 6 heteroatoms. The van der Waals surface area contributed by atoms with Crippen molar-refractivity contribution in [3.63, 3.8) is 0 Å². The van der Waals surface area contributed by atoms with Gasteiger partial charge in [0.2, 0.25) is 0 Å². The molecule has 1 N–H and O–H groups in total. The van der Waals surface area contributed by atoms with Crippen LogP contribution < -0.4 is 10.1 Å². The molecule has 1 fully saturated rings. The van der Waals surface area contributed by atoms with Crippen molar-refractivity contribution in [2.75, 3.05) is 25.0 Å². The minimum Gasteiger partial charge on any atom is -0.493 e. The summed E-state index contributed by atoms with van der Waals surface area (Å²) in [5, 5.41) is 2.88. The van der Waals surface area contributed by atoms with Crippen molar-refractivity contribution >= 4 is 33.4 Å². The third-order valence-electron chi connectivity index (χ3n) is 4.75. The zero-order valence-corrected chi connectivity index (χ0v) is 17.6. The van der Waals surface area contributed by atoms with Crippen LogP contribution in [0.1, 0.15) is 53.3 Å². The molecule has 5 nitrogen and oxygen atoms in total. The number of halogens is 1. The summed E-state index contributed by atoms with van der Waals surface area (Å²) in [5.74, 6) is 0.494. The van der Waals surface area contributed by atoms with E-state index < -0.39 is 0 Å². The van der Waals surface area contributed by atoms with Crippen LogP contribution in [0.3, 0.4) is 0 Å². The van der Waals surface area contributed by atoms with Crippen LogP contribution >= 0.6 is 15.9 Å². The summed E-state index contributed by atoms with van der Waals surface area (Å²) in [6, 6.07) is 12.4. The predicted octanol–water partition coefficient (Wildman–Crippen LogP) is 5.12. The largest absolute Gasteiger partial charge is 0.493 e. The summed E-state index contributed by atoms with van der Waals surface area (Å²) >= 11 is 3.43. The van der Waals surface area contributed by atoms with Crippen LogP contribution in [0.25, 0.3) is 0 Å². The molecule has 0 atom stereocenters. The van der Waals surface area contributed by atoms with Crippen LogP contribution in [0, 0.1) is 0 Å². The van der Waals surface area contributed by atoms with Crippen molar-refractivity contribution in [1.29, 1.82) is 0 Å². The van der Waals surface area contributed by atoms with Gasteiger partial charge in [-0.1, -0.05) is 18.9 Å². The third-order valence-corrected chi connectivity index (χ3v) is 5.37. The quantitative estimate of drug-likeness (QED) is 0.696. The lowest BCUT2D eigenvalue weighted by molar-refractivity contribution is 0.0761. The second-order valence-electron chi connectivity index (χ2n) is 6.82. The summed E-state index contributed by atoms with van der Waals surface area (Å²) in [6.45, 7) is 4.07. The molecule has 2 aromatic rings. The Morgan fingerprint density at radius 2 is 1.79 bits per heavy atom. The molecule has 148 valence electrons. The van der Waals surface area contributed by atoms with Crippen LogP contribution in [-0.2, 0) is 0 Å². The Kier molecular flexibility index (Phi) is 7.09. The molecule has 0 aliphatic carbocycles. The highest BCUT2D eigenvalue weighted by Gasteiger charge is 2.18. The van der Waals surface area contributed by atoms with Gasteiger partial charge in [0.05, 0.1) is 11.1 Å². The fraction of sp³-hybridized carbons (Fsp3) is 0.364. The van der Waals surface area contributed by atoms with E-state index in [0.29, 0.717) is 29.2 Å². The van der Waals surface area contributed by atoms with Crippen molar-refractivity contribution in [2.24, 2.45) is 0 Å². The summed E-state index contributed by atoms with van der Waals surface area (Å²) in [5.41, 5.74) is 1.72. The number of carbonyl (C=O) groups excluding carboxylic acids is 2. The van der Waals surface area contributed by atoms with Crippen molar-refractivity contribution in [1.82, 2.24) is 4.90 Å². The van der Waals surface area contributed by atoms with E-state index >= 15 is 0 Å². The van der Waals surface area contributed by atoms with E-state index in [2.05, 4.69) is 21.2 Å². The number of rotatable bonds is 5.